The van der Waals surface area contributed by atoms with Gasteiger partial charge in [-0.3, -0.25) is 0 Å². The molecule has 0 spiro atoms. The lowest BCUT2D eigenvalue weighted by Gasteiger charge is -2.37. The third kappa shape index (κ3) is 6.22. The first kappa shape index (κ1) is 27.5. The van der Waals surface area contributed by atoms with E-state index in [1.807, 2.05) is 19.3 Å². The van der Waals surface area contributed by atoms with Crippen molar-refractivity contribution in [3.05, 3.63) is 66.0 Å². The average molecular weight is 558 g/mol. The van der Waals surface area contributed by atoms with E-state index in [2.05, 4.69) is 21.8 Å². The third-order valence-corrected chi connectivity index (χ3v) is 9.51. The van der Waals surface area contributed by atoms with Gasteiger partial charge in [-0.2, -0.15) is 0 Å². The normalized spacial score (nSPS) is 17.6. The predicted octanol–water partition coefficient (Wildman–Crippen LogP) is 5.09. The fourth-order valence-electron chi connectivity index (χ4n) is 4.99. The summed E-state index contributed by atoms with van der Waals surface area (Å²) in [6.07, 6.45) is 6.19. The number of aryl methyl sites for hydroxylation is 1. The Labute approximate surface area is 228 Å². The number of hydrogen-bond acceptors (Lipinski definition) is 7. The fourth-order valence-corrected chi connectivity index (χ4v) is 6.79. The molecule has 2 aromatic carbocycles. The highest BCUT2D eigenvalue weighted by Crippen LogP contribution is 2.33. The van der Waals surface area contributed by atoms with Crippen molar-refractivity contribution in [2.45, 2.75) is 38.0 Å². The predicted molar refractivity (Wildman–Crippen MR) is 145 cm³/mol. The highest BCUT2D eigenvalue weighted by atomic mass is 32.2. The molecule has 39 heavy (non-hydrogen) atoms. The first-order valence-corrected chi connectivity index (χ1v) is 14.9. The summed E-state index contributed by atoms with van der Waals surface area (Å²) in [6, 6.07) is 8.51. The van der Waals surface area contributed by atoms with Gasteiger partial charge in [-0.1, -0.05) is 26.0 Å². The van der Waals surface area contributed by atoms with Gasteiger partial charge in [-0.15, -0.1) is 0 Å². The molecule has 0 atom stereocenters. The number of ether oxygens (including phenoxy) is 2. The number of hydrogen-bond donors (Lipinski definition) is 0. The molecule has 0 saturated carbocycles. The Morgan fingerprint density at radius 2 is 1.64 bits per heavy atom. The van der Waals surface area contributed by atoms with Crippen molar-refractivity contribution in [2.24, 2.45) is 11.3 Å². The van der Waals surface area contributed by atoms with E-state index in [1.165, 1.54) is 24.3 Å². The van der Waals surface area contributed by atoms with E-state index >= 15 is 0 Å². The van der Waals surface area contributed by atoms with Crippen molar-refractivity contribution in [3.8, 4) is 16.9 Å². The van der Waals surface area contributed by atoms with Crippen LogP contribution in [0.1, 0.15) is 32.3 Å². The van der Waals surface area contributed by atoms with Crippen LogP contribution in [-0.2, 0) is 21.0 Å². The second-order valence-electron chi connectivity index (χ2n) is 10.8. The Morgan fingerprint density at radius 3 is 2.18 bits per heavy atom. The van der Waals surface area contributed by atoms with Crippen LogP contribution in [-0.4, -0.2) is 57.0 Å². The van der Waals surface area contributed by atoms with Crippen LogP contribution in [0, 0.1) is 23.0 Å². The molecule has 0 N–H and O–H groups in total. The molecule has 10 heteroatoms. The van der Waals surface area contributed by atoms with Gasteiger partial charge in [0.15, 0.2) is 27.2 Å². The molecule has 2 aliphatic rings. The minimum Gasteiger partial charge on any atom is -0.487 e. The van der Waals surface area contributed by atoms with Crippen molar-refractivity contribution >= 4 is 15.8 Å². The van der Waals surface area contributed by atoms with E-state index in [0.717, 1.165) is 37.9 Å². The van der Waals surface area contributed by atoms with Gasteiger partial charge in [0.05, 0.1) is 30.5 Å². The van der Waals surface area contributed by atoms with E-state index in [-0.39, 0.29) is 28.6 Å². The van der Waals surface area contributed by atoms with Gasteiger partial charge in [0.1, 0.15) is 0 Å². The number of aromatic nitrogens is 2. The molecule has 0 radical (unpaired) electrons. The topological polar surface area (TPSA) is 81.6 Å². The van der Waals surface area contributed by atoms with Gasteiger partial charge < -0.3 is 14.4 Å². The minimum absolute atomic E-state index is 0.00645. The number of halogens is 2. The first-order chi connectivity index (χ1) is 18.7. The molecule has 3 heterocycles. The van der Waals surface area contributed by atoms with Gasteiger partial charge in [0.2, 0.25) is 5.95 Å². The van der Waals surface area contributed by atoms with Crippen molar-refractivity contribution < 1.29 is 26.7 Å². The lowest BCUT2D eigenvalue weighted by atomic mass is 9.92. The molecule has 5 rings (SSSR count). The smallest absolute Gasteiger partial charge is 0.225 e. The SMILES string of the molecule is CCc1cnc(N2CCC(COc3c(F)cc(-c4ccc(S(=O)(=O)CC5(C)COC5)cc4)cc3F)CC2)nc1. The van der Waals surface area contributed by atoms with Crippen LogP contribution >= 0.6 is 0 Å². The minimum atomic E-state index is -3.50. The second-order valence-corrected chi connectivity index (χ2v) is 12.8. The van der Waals surface area contributed by atoms with Crippen LogP contribution in [0.15, 0.2) is 53.7 Å². The average Bonchev–Trinajstić information content (AvgIpc) is 2.92. The Kier molecular flexibility index (Phi) is 7.87. The summed E-state index contributed by atoms with van der Waals surface area (Å²) in [5.74, 6) is -1.12. The maximum atomic E-state index is 14.9. The largest absolute Gasteiger partial charge is 0.487 e. The molecular formula is C29H33F2N3O4S. The van der Waals surface area contributed by atoms with E-state index in [9.17, 15) is 17.2 Å². The van der Waals surface area contributed by atoms with Gasteiger partial charge in [-0.05, 0) is 66.1 Å². The summed E-state index contributed by atoms with van der Waals surface area (Å²) in [7, 11) is -3.50. The molecule has 3 aromatic rings. The quantitative estimate of drug-likeness (QED) is 0.363. The Hall–Kier alpha value is -3.11. The van der Waals surface area contributed by atoms with E-state index in [4.69, 9.17) is 9.47 Å². The third-order valence-electron chi connectivity index (χ3n) is 7.45. The molecular weight excluding hydrogens is 524 g/mol. The molecule has 2 aliphatic heterocycles. The summed E-state index contributed by atoms with van der Waals surface area (Å²) in [6.45, 7) is 6.49. The Bertz CT molecular complexity index is 1380. The highest BCUT2D eigenvalue weighted by Gasteiger charge is 2.38. The number of rotatable bonds is 9. The van der Waals surface area contributed by atoms with Crippen LogP contribution in [0.5, 0.6) is 5.75 Å². The van der Waals surface area contributed by atoms with Crippen molar-refractivity contribution in [3.63, 3.8) is 0 Å². The van der Waals surface area contributed by atoms with Crippen LogP contribution in [0.4, 0.5) is 14.7 Å². The number of sulfone groups is 1. The molecule has 2 fully saturated rings. The van der Waals surface area contributed by atoms with Crippen LogP contribution in [0.2, 0.25) is 0 Å². The van der Waals surface area contributed by atoms with E-state index < -0.39 is 27.2 Å². The Morgan fingerprint density at radius 1 is 1.03 bits per heavy atom. The molecule has 0 amide bonds. The Balaban J connectivity index is 1.18. The maximum Gasteiger partial charge on any atom is 0.225 e. The van der Waals surface area contributed by atoms with E-state index in [0.29, 0.717) is 30.3 Å². The lowest BCUT2D eigenvalue weighted by Crippen LogP contribution is -2.45. The first-order valence-electron chi connectivity index (χ1n) is 13.2. The molecule has 1 aromatic heterocycles. The number of anilines is 1. The fraction of sp³-hybridized carbons (Fsp3) is 0.448. The van der Waals surface area contributed by atoms with Crippen molar-refractivity contribution in [1.82, 2.24) is 9.97 Å². The molecule has 7 nitrogen and oxygen atoms in total. The number of benzene rings is 2. The van der Waals surface area contributed by atoms with Gasteiger partial charge in [0.25, 0.3) is 0 Å². The van der Waals surface area contributed by atoms with Gasteiger partial charge >= 0.3 is 0 Å². The van der Waals surface area contributed by atoms with E-state index in [1.54, 1.807) is 12.1 Å². The second kappa shape index (κ2) is 11.2. The highest BCUT2D eigenvalue weighted by molar-refractivity contribution is 7.91. The molecule has 0 aliphatic carbocycles. The van der Waals surface area contributed by atoms with Crippen LogP contribution in [0.25, 0.3) is 11.1 Å². The van der Waals surface area contributed by atoms with Gasteiger partial charge in [-0.25, -0.2) is 27.2 Å². The zero-order valence-electron chi connectivity index (χ0n) is 22.2. The van der Waals surface area contributed by atoms with Crippen molar-refractivity contribution in [1.29, 1.82) is 0 Å². The summed E-state index contributed by atoms with van der Waals surface area (Å²) < 4.78 is 66.1. The number of nitrogens with zero attached hydrogens (tertiary/aromatic N) is 3. The maximum absolute atomic E-state index is 14.9. The summed E-state index contributed by atoms with van der Waals surface area (Å²) >= 11 is 0. The lowest BCUT2D eigenvalue weighted by molar-refractivity contribution is -0.0870. The molecule has 2 saturated heterocycles. The van der Waals surface area contributed by atoms with Gasteiger partial charge in [0, 0.05) is 30.9 Å². The molecule has 0 unspecified atom stereocenters. The molecule has 208 valence electrons. The zero-order valence-corrected chi connectivity index (χ0v) is 23.0. The summed E-state index contributed by atoms with van der Waals surface area (Å²) in [5.41, 5.74) is 1.53. The van der Waals surface area contributed by atoms with Crippen LogP contribution in [0.3, 0.4) is 0 Å². The number of piperidine rings is 1. The summed E-state index contributed by atoms with van der Waals surface area (Å²) in [4.78, 5) is 11.2. The van der Waals surface area contributed by atoms with Crippen molar-refractivity contribution in [2.75, 3.05) is 43.6 Å². The zero-order chi connectivity index (χ0) is 27.6. The standard InChI is InChI=1S/C29H33F2N3O4S/c1-3-20-14-32-28(33-15-20)34-10-8-21(9-11-34)16-38-27-25(30)12-23(13-26(27)31)22-4-6-24(7-5-22)39(35,36)19-29(2)17-37-18-29/h4-7,12-15,21H,3,8-11,16-19H2,1-2H3. The molecule has 0 bridgehead atoms. The van der Waals surface area contributed by atoms with Crippen LogP contribution < -0.4 is 9.64 Å². The monoisotopic (exact) mass is 557 g/mol. The summed E-state index contributed by atoms with van der Waals surface area (Å²) in [5, 5.41) is 0.